The van der Waals surface area contributed by atoms with Gasteiger partial charge in [-0.3, -0.25) is 4.79 Å². The van der Waals surface area contributed by atoms with E-state index in [0.717, 1.165) is 46.7 Å². The van der Waals surface area contributed by atoms with Crippen molar-refractivity contribution in [2.45, 2.75) is 13.3 Å². The summed E-state index contributed by atoms with van der Waals surface area (Å²) in [5.74, 6) is 1.01. The SMILES string of the molecule is CCc1cc2c(N3CCN(C(=O)c4ccc(-c5ccc(Cl)c(Cl)c5)cc4)CC3)ncnc2s1. The predicted molar refractivity (Wildman–Crippen MR) is 137 cm³/mol. The summed E-state index contributed by atoms with van der Waals surface area (Å²) < 4.78 is 0. The molecule has 0 radical (unpaired) electrons. The van der Waals surface area contributed by atoms with Crippen molar-refractivity contribution in [1.29, 1.82) is 0 Å². The van der Waals surface area contributed by atoms with Crippen molar-refractivity contribution in [3.8, 4) is 11.1 Å². The quantitative estimate of drug-likeness (QED) is 0.337. The van der Waals surface area contributed by atoms with Crippen LogP contribution in [0, 0.1) is 0 Å². The molecule has 2 aromatic heterocycles. The van der Waals surface area contributed by atoms with Crippen LogP contribution < -0.4 is 4.90 Å². The number of hydrogen-bond acceptors (Lipinski definition) is 5. The summed E-state index contributed by atoms with van der Waals surface area (Å²) in [6.07, 6.45) is 2.63. The molecule has 4 aromatic rings. The third-order valence-corrected chi connectivity index (χ3v) is 7.89. The maximum atomic E-state index is 13.1. The number of thiophene rings is 1. The molecule has 0 saturated carbocycles. The van der Waals surface area contributed by atoms with Crippen molar-refractivity contribution in [3.05, 3.63) is 75.3 Å². The van der Waals surface area contributed by atoms with Gasteiger partial charge in [0, 0.05) is 36.6 Å². The standard InChI is InChI=1S/C25H22Cl2N4OS/c1-2-19-14-20-23(28-15-29-24(20)33-19)30-9-11-31(12-10-30)25(32)17-5-3-16(4-6-17)18-7-8-21(26)22(27)13-18/h3-8,13-15H,2,9-12H2,1H3. The predicted octanol–water partition coefficient (Wildman–Crippen LogP) is 6.19. The Labute approximate surface area is 206 Å². The van der Waals surface area contributed by atoms with Gasteiger partial charge in [0.05, 0.1) is 15.4 Å². The van der Waals surface area contributed by atoms with Gasteiger partial charge in [-0.25, -0.2) is 9.97 Å². The fourth-order valence-corrected chi connectivity index (χ4v) is 5.33. The van der Waals surface area contributed by atoms with E-state index in [1.807, 2.05) is 41.3 Å². The van der Waals surface area contributed by atoms with Crippen molar-refractivity contribution < 1.29 is 4.79 Å². The number of aromatic nitrogens is 2. The van der Waals surface area contributed by atoms with E-state index in [1.165, 1.54) is 4.88 Å². The molecule has 168 valence electrons. The number of piperazine rings is 1. The molecule has 2 aromatic carbocycles. The zero-order chi connectivity index (χ0) is 22.9. The number of nitrogens with zero attached hydrogens (tertiary/aromatic N) is 4. The van der Waals surface area contributed by atoms with Gasteiger partial charge in [-0.05, 0) is 47.9 Å². The van der Waals surface area contributed by atoms with Crippen LogP contribution >= 0.6 is 34.5 Å². The molecule has 1 fully saturated rings. The highest BCUT2D eigenvalue weighted by Gasteiger charge is 2.24. The second-order valence-electron chi connectivity index (χ2n) is 7.97. The summed E-state index contributed by atoms with van der Waals surface area (Å²) in [4.78, 5) is 28.6. The Morgan fingerprint density at radius 1 is 0.939 bits per heavy atom. The van der Waals surface area contributed by atoms with Crippen LogP contribution in [0.15, 0.2) is 54.9 Å². The number of anilines is 1. The molecule has 0 aliphatic carbocycles. The largest absolute Gasteiger partial charge is 0.352 e. The lowest BCUT2D eigenvalue weighted by Gasteiger charge is -2.35. The molecule has 0 bridgehead atoms. The number of rotatable bonds is 4. The minimum absolute atomic E-state index is 0.0481. The molecule has 33 heavy (non-hydrogen) atoms. The minimum Gasteiger partial charge on any atom is -0.352 e. The van der Waals surface area contributed by atoms with Crippen LogP contribution in [0.3, 0.4) is 0 Å². The van der Waals surface area contributed by atoms with Gasteiger partial charge in [-0.1, -0.05) is 48.3 Å². The topological polar surface area (TPSA) is 49.3 Å². The van der Waals surface area contributed by atoms with Gasteiger partial charge in [-0.2, -0.15) is 0 Å². The monoisotopic (exact) mass is 496 g/mol. The number of amides is 1. The van der Waals surface area contributed by atoms with E-state index in [1.54, 1.807) is 23.7 Å². The average molecular weight is 497 g/mol. The van der Waals surface area contributed by atoms with Crippen LogP contribution in [0.4, 0.5) is 5.82 Å². The lowest BCUT2D eigenvalue weighted by atomic mass is 10.0. The fraction of sp³-hybridized carbons (Fsp3) is 0.240. The van der Waals surface area contributed by atoms with E-state index in [-0.39, 0.29) is 5.91 Å². The molecule has 0 N–H and O–H groups in total. The van der Waals surface area contributed by atoms with Gasteiger partial charge >= 0.3 is 0 Å². The number of carbonyl (C=O) groups is 1. The molecule has 1 aliphatic heterocycles. The van der Waals surface area contributed by atoms with Gasteiger partial charge in [0.15, 0.2) is 0 Å². The Morgan fingerprint density at radius 2 is 1.67 bits per heavy atom. The first-order chi connectivity index (χ1) is 16.0. The van der Waals surface area contributed by atoms with Gasteiger partial charge in [0.25, 0.3) is 5.91 Å². The van der Waals surface area contributed by atoms with Crippen LogP contribution in [0.2, 0.25) is 10.0 Å². The molecule has 1 saturated heterocycles. The van der Waals surface area contributed by atoms with Gasteiger partial charge in [0.1, 0.15) is 17.0 Å². The molecular weight excluding hydrogens is 475 g/mol. The first-order valence-electron chi connectivity index (χ1n) is 10.9. The number of aryl methyl sites for hydroxylation is 1. The van der Waals surface area contributed by atoms with Crippen molar-refractivity contribution in [3.63, 3.8) is 0 Å². The van der Waals surface area contributed by atoms with Crippen molar-refractivity contribution in [2.75, 3.05) is 31.1 Å². The maximum Gasteiger partial charge on any atom is 0.253 e. The lowest BCUT2D eigenvalue weighted by Crippen LogP contribution is -2.49. The lowest BCUT2D eigenvalue weighted by molar-refractivity contribution is 0.0746. The third-order valence-electron chi connectivity index (χ3n) is 5.96. The van der Waals surface area contributed by atoms with Crippen molar-refractivity contribution >= 4 is 56.5 Å². The van der Waals surface area contributed by atoms with Gasteiger partial charge in [-0.15, -0.1) is 11.3 Å². The number of benzene rings is 2. The molecule has 1 aliphatic rings. The average Bonchev–Trinajstić information content (AvgIpc) is 3.29. The van der Waals surface area contributed by atoms with Crippen LogP contribution in [-0.2, 0) is 6.42 Å². The normalized spacial score (nSPS) is 14.2. The Hall–Kier alpha value is -2.67. The van der Waals surface area contributed by atoms with E-state index in [9.17, 15) is 4.79 Å². The van der Waals surface area contributed by atoms with E-state index < -0.39 is 0 Å². The first kappa shape index (κ1) is 22.1. The van der Waals surface area contributed by atoms with Gasteiger partial charge < -0.3 is 9.80 Å². The number of carbonyl (C=O) groups excluding carboxylic acids is 1. The molecule has 5 rings (SSSR count). The highest BCUT2D eigenvalue weighted by Crippen LogP contribution is 2.31. The fourth-order valence-electron chi connectivity index (χ4n) is 4.10. The summed E-state index contributed by atoms with van der Waals surface area (Å²) in [7, 11) is 0. The van der Waals surface area contributed by atoms with E-state index in [0.29, 0.717) is 28.7 Å². The molecular formula is C25H22Cl2N4OS. The Bertz CT molecular complexity index is 1310. The summed E-state index contributed by atoms with van der Waals surface area (Å²) in [5.41, 5.74) is 2.64. The molecule has 0 spiro atoms. The number of hydrogen-bond donors (Lipinski definition) is 0. The van der Waals surface area contributed by atoms with Crippen LogP contribution in [0.1, 0.15) is 22.2 Å². The number of halogens is 2. The Morgan fingerprint density at radius 3 is 2.36 bits per heavy atom. The van der Waals surface area contributed by atoms with Gasteiger partial charge in [0.2, 0.25) is 0 Å². The molecule has 8 heteroatoms. The molecule has 0 unspecified atom stereocenters. The molecule has 0 atom stereocenters. The highest BCUT2D eigenvalue weighted by atomic mass is 35.5. The van der Waals surface area contributed by atoms with Crippen LogP contribution in [0.25, 0.3) is 21.3 Å². The summed E-state index contributed by atoms with van der Waals surface area (Å²) in [5, 5.41) is 2.15. The molecule has 3 heterocycles. The summed E-state index contributed by atoms with van der Waals surface area (Å²) in [6, 6.07) is 15.4. The van der Waals surface area contributed by atoms with E-state index >= 15 is 0 Å². The zero-order valence-electron chi connectivity index (χ0n) is 18.1. The molecule has 5 nitrogen and oxygen atoms in total. The maximum absolute atomic E-state index is 13.1. The summed E-state index contributed by atoms with van der Waals surface area (Å²) >= 11 is 13.9. The summed E-state index contributed by atoms with van der Waals surface area (Å²) in [6.45, 7) is 4.96. The van der Waals surface area contributed by atoms with Crippen LogP contribution in [0.5, 0.6) is 0 Å². The van der Waals surface area contributed by atoms with E-state index in [2.05, 4.69) is 27.9 Å². The first-order valence-corrected chi connectivity index (χ1v) is 12.4. The smallest absolute Gasteiger partial charge is 0.253 e. The molecule has 1 amide bonds. The third kappa shape index (κ3) is 4.43. The zero-order valence-corrected chi connectivity index (χ0v) is 20.4. The van der Waals surface area contributed by atoms with Crippen LogP contribution in [-0.4, -0.2) is 47.0 Å². The van der Waals surface area contributed by atoms with E-state index in [4.69, 9.17) is 23.2 Å². The number of fused-ring (bicyclic) bond motifs is 1. The Balaban J connectivity index is 1.27. The second-order valence-corrected chi connectivity index (χ2v) is 9.90. The minimum atomic E-state index is 0.0481. The second kappa shape index (κ2) is 9.29. The van der Waals surface area contributed by atoms with Crippen molar-refractivity contribution in [2.24, 2.45) is 0 Å². The highest BCUT2D eigenvalue weighted by molar-refractivity contribution is 7.18. The Kier molecular flexibility index (Phi) is 6.23. The van der Waals surface area contributed by atoms with Crippen molar-refractivity contribution in [1.82, 2.24) is 14.9 Å².